The molecule has 0 aliphatic carbocycles. The second-order valence-corrected chi connectivity index (χ2v) is 6.75. The zero-order valence-electron chi connectivity index (χ0n) is 10.5. The Morgan fingerprint density at radius 3 is 2.72 bits per heavy atom. The van der Waals surface area contributed by atoms with E-state index < -0.39 is 10.0 Å². The third-order valence-corrected chi connectivity index (χ3v) is 5.04. The summed E-state index contributed by atoms with van der Waals surface area (Å²) in [5.74, 6) is -0.294. The zero-order valence-corrected chi connectivity index (χ0v) is 12.1. The van der Waals surface area contributed by atoms with Crippen LogP contribution in [0.5, 0.6) is 0 Å². The Morgan fingerprint density at radius 1 is 1.50 bits per heavy atom. The van der Waals surface area contributed by atoms with E-state index in [1.165, 1.54) is 25.5 Å². The number of rotatable bonds is 6. The molecule has 6 nitrogen and oxygen atoms in total. The molecule has 0 atom stereocenters. The number of carbonyl (C=O) groups excluding carboxylic acids is 1. The van der Waals surface area contributed by atoms with Crippen LogP contribution >= 0.6 is 11.3 Å². The van der Waals surface area contributed by atoms with Gasteiger partial charge in [-0.15, -0.1) is 11.3 Å². The SMILES string of the molecule is COCCNC(=O)c1cc(S(=O)(=O)N(C)C)cs1. The highest BCUT2D eigenvalue weighted by molar-refractivity contribution is 7.89. The summed E-state index contributed by atoms with van der Waals surface area (Å²) in [7, 11) is 0.965. The van der Waals surface area contributed by atoms with Crippen molar-refractivity contribution in [3.8, 4) is 0 Å². The number of amides is 1. The molecule has 1 aromatic heterocycles. The van der Waals surface area contributed by atoms with Gasteiger partial charge in [-0.1, -0.05) is 0 Å². The Labute approximate surface area is 111 Å². The quantitative estimate of drug-likeness (QED) is 0.769. The van der Waals surface area contributed by atoms with E-state index in [2.05, 4.69) is 5.32 Å². The van der Waals surface area contributed by atoms with E-state index >= 15 is 0 Å². The van der Waals surface area contributed by atoms with Crippen LogP contribution in [0.4, 0.5) is 0 Å². The summed E-state index contributed by atoms with van der Waals surface area (Å²) in [6, 6.07) is 1.38. The summed E-state index contributed by atoms with van der Waals surface area (Å²) in [5, 5.41) is 4.09. The molecule has 0 saturated heterocycles. The normalized spacial score (nSPS) is 11.8. The minimum absolute atomic E-state index is 0.134. The number of carbonyl (C=O) groups is 1. The lowest BCUT2D eigenvalue weighted by atomic mass is 10.4. The third kappa shape index (κ3) is 3.52. The second-order valence-electron chi connectivity index (χ2n) is 3.68. The van der Waals surface area contributed by atoms with Gasteiger partial charge >= 0.3 is 0 Å². The molecule has 1 N–H and O–H groups in total. The topological polar surface area (TPSA) is 75.7 Å². The number of nitrogens with one attached hydrogen (secondary N) is 1. The molecule has 0 aromatic carbocycles. The van der Waals surface area contributed by atoms with Gasteiger partial charge in [0.25, 0.3) is 5.91 Å². The monoisotopic (exact) mass is 292 g/mol. The molecule has 0 bridgehead atoms. The fourth-order valence-electron chi connectivity index (χ4n) is 1.14. The van der Waals surface area contributed by atoms with Crippen LogP contribution in [0.25, 0.3) is 0 Å². The van der Waals surface area contributed by atoms with Crippen LogP contribution in [0.1, 0.15) is 9.67 Å². The molecular weight excluding hydrogens is 276 g/mol. The van der Waals surface area contributed by atoms with Crippen LogP contribution in [0.2, 0.25) is 0 Å². The van der Waals surface area contributed by atoms with E-state index in [9.17, 15) is 13.2 Å². The maximum absolute atomic E-state index is 11.8. The molecule has 1 aromatic rings. The highest BCUT2D eigenvalue weighted by Gasteiger charge is 2.20. The van der Waals surface area contributed by atoms with Crippen LogP contribution in [-0.2, 0) is 14.8 Å². The molecule has 0 unspecified atom stereocenters. The summed E-state index contributed by atoms with van der Waals surface area (Å²) < 4.78 is 29.5. The maximum Gasteiger partial charge on any atom is 0.261 e. The first-order chi connectivity index (χ1) is 8.39. The van der Waals surface area contributed by atoms with Gasteiger partial charge in [-0.3, -0.25) is 4.79 Å². The van der Waals surface area contributed by atoms with Gasteiger partial charge in [0, 0.05) is 33.1 Å². The molecule has 1 heterocycles. The van der Waals surface area contributed by atoms with Gasteiger partial charge in [-0.05, 0) is 6.07 Å². The van der Waals surface area contributed by atoms with Gasteiger partial charge in [0.2, 0.25) is 10.0 Å². The molecule has 0 aliphatic rings. The molecule has 0 fully saturated rings. The van der Waals surface area contributed by atoms with E-state index in [1.54, 1.807) is 7.11 Å². The van der Waals surface area contributed by atoms with Gasteiger partial charge in [0.05, 0.1) is 16.4 Å². The van der Waals surface area contributed by atoms with Gasteiger partial charge in [-0.2, -0.15) is 0 Å². The Hall–Kier alpha value is -0.960. The smallest absolute Gasteiger partial charge is 0.261 e. The minimum atomic E-state index is -3.48. The van der Waals surface area contributed by atoms with Crippen molar-refractivity contribution in [3.63, 3.8) is 0 Å². The lowest BCUT2D eigenvalue weighted by Crippen LogP contribution is -2.26. The van der Waals surface area contributed by atoms with Crippen molar-refractivity contribution in [2.75, 3.05) is 34.4 Å². The first-order valence-corrected chi connectivity index (χ1v) is 7.49. The summed E-state index contributed by atoms with van der Waals surface area (Å²) in [5.41, 5.74) is 0. The lowest BCUT2D eigenvalue weighted by molar-refractivity contribution is 0.0941. The Morgan fingerprint density at radius 2 is 2.17 bits per heavy atom. The summed E-state index contributed by atoms with van der Waals surface area (Å²) in [4.78, 5) is 12.2. The second kappa shape index (κ2) is 6.28. The Kier molecular flexibility index (Phi) is 5.27. The molecule has 0 spiro atoms. The average Bonchev–Trinajstić information content (AvgIpc) is 2.78. The van der Waals surface area contributed by atoms with Crippen molar-refractivity contribution in [1.82, 2.24) is 9.62 Å². The Bertz CT molecular complexity index is 508. The molecule has 8 heteroatoms. The van der Waals surface area contributed by atoms with Gasteiger partial charge in [-0.25, -0.2) is 12.7 Å². The van der Waals surface area contributed by atoms with Gasteiger partial charge < -0.3 is 10.1 Å². The summed E-state index contributed by atoms with van der Waals surface area (Å²) in [6.07, 6.45) is 0. The highest BCUT2D eigenvalue weighted by Crippen LogP contribution is 2.21. The third-order valence-electron chi connectivity index (χ3n) is 2.17. The van der Waals surface area contributed by atoms with Crippen molar-refractivity contribution >= 4 is 27.3 Å². The molecule has 0 saturated carbocycles. The number of methoxy groups -OCH3 is 1. The van der Waals surface area contributed by atoms with Crippen molar-refractivity contribution in [2.24, 2.45) is 0 Å². The number of hydrogen-bond acceptors (Lipinski definition) is 5. The molecule has 1 amide bonds. The van der Waals surface area contributed by atoms with E-state index in [1.807, 2.05) is 0 Å². The molecule has 0 aliphatic heterocycles. The summed E-state index contributed by atoms with van der Waals surface area (Å²) >= 11 is 1.10. The van der Waals surface area contributed by atoms with Crippen LogP contribution in [0, 0.1) is 0 Å². The van der Waals surface area contributed by atoms with Crippen molar-refractivity contribution in [2.45, 2.75) is 4.90 Å². The predicted molar refractivity (Wildman–Crippen MR) is 69.4 cm³/mol. The standard InChI is InChI=1S/C10H16N2O4S2/c1-12(2)18(14,15)8-6-9(17-7-8)10(13)11-4-5-16-3/h6-7H,4-5H2,1-3H3,(H,11,13). The number of ether oxygens (including phenoxy) is 1. The molecular formula is C10H16N2O4S2. The predicted octanol–water partition coefficient (Wildman–Crippen LogP) is 0.375. The first kappa shape index (κ1) is 15.1. The zero-order chi connectivity index (χ0) is 13.8. The molecule has 0 radical (unpaired) electrons. The minimum Gasteiger partial charge on any atom is -0.383 e. The summed E-state index contributed by atoms with van der Waals surface area (Å²) in [6.45, 7) is 0.808. The first-order valence-electron chi connectivity index (χ1n) is 5.17. The fourth-order valence-corrected chi connectivity index (χ4v) is 3.22. The van der Waals surface area contributed by atoms with Gasteiger partial charge in [0.1, 0.15) is 0 Å². The average molecular weight is 292 g/mol. The number of sulfonamides is 1. The van der Waals surface area contributed by atoms with Crippen LogP contribution in [0.3, 0.4) is 0 Å². The van der Waals surface area contributed by atoms with E-state index in [0.29, 0.717) is 18.0 Å². The van der Waals surface area contributed by atoms with E-state index in [4.69, 9.17) is 4.74 Å². The van der Waals surface area contributed by atoms with Crippen molar-refractivity contribution in [1.29, 1.82) is 0 Å². The van der Waals surface area contributed by atoms with Crippen molar-refractivity contribution < 1.29 is 17.9 Å². The molecule has 1 rings (SSSR count). The van der Waals surface area contributed by atoms with E-state index in [0.717, 1.165) is 15.6 Å². The highest BCUT2D eigenvalue weighted by atomic mass is 32.2. The van der Waals surface area contributed by atoms with E-state index in [-0.39, 0.29) is 10.8 Å². The largest absolute Gasteiger partial charge is 0.383 e. The number of nitrogens with zero attached hydrogens (tertiary/aromatic N) is 1. The lowest BCUT2D eigenvalue weighted by Gasteiger charge is -2.08. The fraction of sp³-hybridized carbons (Fsp3) is 0.500. The molecule has 18 heavy (non-hydrogen) atoms. The molecule has 102 valence electrons. The van der Waals surface area contributed by atoms with Crippen LogP contribution in [-0.4, -0.2) is 53.0 Å². The van der Waals surface area contributed by atoms with Gasteiger partial charge in [0.15, 0.2) is 0 Å². The van der Waals surface area contributed by atoms with Crippen LogP contribution in [0.15, 0.2) is 16.3 Å². The van der Waals surface area contributed by atoms with Crippen molar-refractivity contribution in [3.05, 3.63) is 16.3 Å². The number of thiophene rings is 1. The number of hydrogen-bond donors (Lipinski definition) is 1. The van der Waals surface area contributed by atoms with Crippen LogP contribution < -0.4 is 5.32 Å². The maximum atomic E-state index is 11.8. The Balaban J connectivity index is 2.78.